The van der Waals surface area contributed by atoms with Crippen LogP contribution in [0.3, 0.4) is 0 Å². The number of aromatic nitrogens is 1. The molecule has 5 aromatic rings. The quantitative estimate of drug-likeness (QED) is 0.0654. The molecule has 2 N–H and O–H groups in total. The fourth-order valence-electron chi connectivity index (χ4n) is 4.75. The van der Waals surface area contributed by atoms with Crippen LogP contribution in [-0.4, -0.2) is 79.3 Å². The van der Waals surface area contributed by atoms with Crippen LogP contribution in [0.4, 0.5) is 0 Å². The Morgan fingerprint density at radius 2 is 1.00 bits per heavy atom. The molecule has 3 aromatic heterocycles. The number of ether oxygens (including phenoxy) is 6. The highest BCUT2D eigenvalue weighted by atomic mass is 32.1. The van der Waals surface area contributed by atoms with Crippen molar-refractivity contribution in [2.45, 2.75) is 25.7 Å². The minimum Gasteiger partial charge on any atom is -0.493 e. The predicted molar refractivity (Wildman–Crippen MR) is 185 cm³/mol. The van der Waals surface area contributed by atoms with E-state index in [1.807, 2.05) is 0 Å². The molecular formula is C35H33NO12S2. The van der Waals surface area contributed by atoms with Gasteiger partial charge >= 0.3 is 11.9 Å². The standard InChI is InChI=1S/C35H33NO12S2/c1-43-24-18-28-20(16-30(49-28)22(37)6-8-34(39)40)14-26(24)45-10-12-47-32-4-3-5-33(36-32)48-13-11-46-27-15-21-17-31(23(38)7-9-35(41)42)50-29(21)19-25(27)44-2/h3-5,14-19H,6-13H2,1-2H3,(H,39,40)(H,41,42). The lowest BCUT2D eigenvalue weighted by molar-refractivity contribution is -0.137. The molecule has 0 aliphatic rings. The highest BCUT2D eigenvalue weighted by Gasteiger charge is 2.17. The molecule has 0 radical (unpaired) electrons. The zero-order valence-electron chi connectivity index (χ0n) is 27.1. The van der Waals surface area contributed by atoms with Crippen LogP contribution in [0, 0.1) is 0 Å². The summed E-state index contributed by atoms with van der Waals surface area (Å²) in [5.74, 6) is 0.0711. The van der Waals surface area contributed by atoms with E-state index in [9.17, 15) is 19.2 Å². The van der Waals surface area contributed by atoms with E-state index in [1.54, 1.807) is 54.6 Å². The molecule has 3 heterocycles. The molecule has 0 fully saturated rings. The molecule has 0 saturated carbocycles. The molecule has 262 valence electrons. The van der Waals surface area contributed by atoms with Crippen molar-refractivity contribution in [2.75, 3.05) is 40.6 Å². The van der Waals surface area contributed by atoms with Gasteiger partial charge in [0.05, 0.1) is 36.8 Å². The van der Waals surface area contributed by atoms with Crippen molar-refractivity contribution in [3.63, 3.8) is 0 Å². The van der Waals surface area contributed by atoms with Gasteiger partial charge in [-0.2, -0.15) is 4.98 Å². The number of benzene rings is 2. The van der Waals surface area contributed by atoms with Crippen molar-refractivity contribution < 1.29 is 57.8 Å². The van der Waals surface area contributed by atoms with Crippen molar-refractivity contribution >= 4 is 66.4 Å². The molecule has 0 saturated heterocycles. The van der Waals surface area contributed by atoms with Crippen LogP contribution in [0.2, 0.25) is 0 Å². The van der Waals surface area contributed by atoms with Crippen molar-refractivity contribution in [2.24, 2.45) is 0 Å². The van der Waals surface area contributed by atoms with E-state index < -0.39 is 11.9 Å². The Morgan fingerprint density at radius 3 is 1.40 bits per heavy atom. The van der Waals surface area contributed by atoms with Gasteiger partial charge in [-0.1, -0.05) is 6.07 Å². The third kappa shape index (κ3) is 9.39. The van der Waals surface area contributed by atoms with Gasteiger partial charge in [-0.3, -0.25) is 19.2 Å². The molecule has 0 aliphatic carbocycles. The van der Waals surface area contributed by atoms with E-state index in [-0.39, 0.29) is 63.7 Å². The summed E-state index contributed by atoms with van der Waals surface area (Å²) in [6.45, 7) is 0.679. The first-order chi connectivity index (χ1) is 24.1. The average molecular weight is 724 g/mol. The molecule has 2 aromatic carbocycles. The number of carboxylic acid groups (broad SMARTS) is 2. The number of thiophene rings is 2. The second-order valence-electron chi connectivity index (χ2n) is 10.6. The van der Waals surface area contributed by atoms with Crippen LogP contribution in [-0.2, 0) is 9.59 Å². The first kappa shape index (κ1) is 35.9. The first-order valence-electron chi connectivity index (χ1n) is 15.3. The number of nitrogens with zero attached hydrogens (tertiary/aromatic N) is 1. The number of methoxy groups -OCH3 is 2. The minimum absolute atomic E-state index is 0.0673. The number of carbonyl (C=O) groups excluding carboxylic acids is 2. The molecule has 0 spiro atoms. The van der Waals surface area contributed by atoms with Crippen molar-refractivity contribution in [1.29, 1.82) is 0 Å². The molecule has 0 aliphatic heterocycles. The van der Waals surface area contributed by atoms with Gasteiger partial charge in [0, 0.05) is 46.5 Å². The number of Topliss-reactive ketones (excluding diaryl/α,β-unsaturated/α-hetero) is 2. The van der Waals surface area contributed by atoms with Crippen molar-refractivity contribution in [3.05, 3.63) is 64.4 Å². The van der Waals surface area contributed by atoms with Gasteiger partial charge < -0.3 is 38.6 Å². The summed E-state index contributed by atoms with van der Waals surface area (Å²) in [6, 6.07) is 15.6. The lowest BCUT2D eigenvalue weighted by Crippen LogP contribution is -2.12. The highest BCUT2D eigenvalue weighted by molar-refractivity contribution is 7.21. The van der Waals surface area contributed by atoms with E-state index in [4.69, 9.17) is 38.6 Å². The third-order valence-electron chi connectivity index (χ3n) is 7.17. The highest BCUT2D eigenvalue weighted by Crippen LogP contribution is 2.38. The summed E-state index contributed by atoms with van der Waals surface area (Å²) in [5, 5.41) is 19.3. The average Bonchev–Trinajstić information content (AvgIpc) is 3.73. The van der Waals surface area contributed by atoms with Crippen molar-refractivity contribution in [3.8, 4) is 34.8 Å². The van der Waals surface area contributed by atoms with Gasteiger partial charge in [0.1, 0.15) is 26.4 Å². The molecule has 0 bridgehead atoms. The second kappa shape index (κ2) is 16.8. The smallest absolute Gasteiger partial charge is 0.303 e. The van der Waals surface area contributed by atoms with Gasteiger partial charge in [-0.15, -0.1) is 22.7 Å². The van der Waals surface area contributed by atoms with E-state index in [1.165, 1.54) is 36.9 Å². The number of pyridine rings is 1. The summed E-state index contributed by atoms with van der Waals surface area (Å²) in [5.41, 5.74) is 0. The fraction of sp³-hybridized carbons (Fsp3) is 0.286. The minimum atomic E-state index is -1.02. The number of rotatable bonds is 20. The van der Waals surface area contributed by atoms with Crippen LogP contribution < -0.4 is 28.4 Å². The van der Waals surface area contributed by atoms with E-state index in [2.05, 4.69) is 4.98 Å². The van der Waals surface area contributed by atoms with E-state index in [0.29, 0.717) is 44.5 Å². The van der Waals surface area contributed by atoms with Crippen LogP contribution in [0.25, 0.3) is 20.2 Å². The molecular weight excluding hydrogens is 691 g/mol. The van der Waals surface area contributed by atoms with Crippen LogP contribution in [0.15, 0.2) is 54.6 Å². The monoisotopic (exact) mass is 723 g/mol. The topological polar surface area (TPSA) is 177 Å². The van der Waals surface area contributed by atoms with E-state index in [0.717, 1.165) is 20.2 Å². The first-order valence-corrected chi connectivity index (χ1v) is 17.0. The largest absolute Gasteiger partial charge is 0.493 e. The van der Waals surface area contributed by atoms with Crippen LogP contribution >= 0.6 is 22.7 Å². The summed E-state index contributed by atoms with van der Waals surface area (Å²) < 4.78 is 35.9. The van der Waals surface area contributed by atoms with E-state index >= 15 is 0 Å². The molecule has 15 heteroatoms. The molecule has 50 heavy (non-hydrogen) atoms. The summed E-state index contributed by atoms with van der Waals surface area (Å²) in [4.78, 5) is 51.8. The lowest BCUT2D eigenvalue weighted by atomic mass is 10.1. The Bertz CT molecular complexity index is 1880. The van der Waals surface area contributed by atoms with Crippen LogP contribution in [0.1, 0.15) is 45.0 Å². The van der Waals surface area contributed by atoms with Gasteiger partial charge in [0.2, 0.25) is 11.8 Å². The van der Waals surface area contributed by atoms with Gasteiger partial charge in [-0.25, -0.2) is 0 Å². The Morgan fingerprint density at radius 1 is 0.580 bits per heavy atom. The number of carbonyl (C=O) groups is 4. The number of carboxylic acids is 2. The maximum atomic E-state index is 12.4. The van der Waals surface area contributed by atoms with Crippen LogP contribution in [0.5, 0.6) is 34.8 Å². The number of hydrogen-bond acceptors (Lipinski definition) is 13. The summed E-state index contributed by atoms with van der Waals surface area (Å²) in [6.07, 6.45) is -0.579. The second-order valence-corrected chi connectivity index (χ2v) is 12.8. The van der Waals surface area contributed by atoms with Crippen molar-refractivity contribution in [1.82, 2.24) is 4.98 Å². The number of aliphatic carboxylic acids is 2. The van der Waals surface area contributed by atoms with Gasteiger partial charge in [0.15, 0.2) is 34.6 Å². The Kier molecular flexibility index (Phi) is 12.1. The predicted octanol–water partition coefficient (Wildman–Crippen LogP) is 6.54. The number of hydrogen-bond donors (Lipinski definition) is 2. The third-order valence-corrected chi connectivity index (χ3v) is 9.44. The Labute approximate surface area is 293 Å². The maximum Gasteiger partial charge on any atom is 0.303 e. The zero-order valence-corrected chi connectivity index (χ0v) is 28.7. The molecule has 0 atom stereocenters. The fourth-order valence-corrected chi connectivity index (χ4v) is 6.83. The molecule has 0 unspecified atom stereocenters. The summed E-state index contributed by atoms with van der Waals surface area (Å²) in [7, 11) is 3.03. The number of fused-ring (bicyclic) bond motifs is 2. The maximum absolute atomic E-state index is 12.4. The zero-order chi connectivity index (χ0) is 35.6. The Balaban J connectivity index is 1.10. The molecule has 0 amide bonds. The Hall–Kier alpha value is -5.41. The lowest BCUT2D eigenvalue weighted by Gasteiger charge is -2.13. The summed E-state index contributed by atoms with van der Waals surface area (Å²) >= 11 is 2.55. The van der Waals surface area contributed by atoms with Gasteiger partial charge in [0.25, 0.3) is 0 Å². The number of ketones is 2. The normalized spacial score (nSPS) is 10.9. The molecule has 5 rings (SSSR count). The van der Waals surface area contributed by atoms with Gasteiger partial charge in [-0.05, 0) is 35.0 Å². The molecule has 13 nitrogen and oxygen atoms in total. The SMILES string of the molecule is COc1cc2sc(C(=O)CCC(=O)O)cc2cc1OCCOc1cccc(OCCOc2cc3cc(C(=O)CCC(=O)O)sc3cc2OC)n1.